The van der Waals surface area contributed by atoms with Crippen LogP contribution in [0.4, 0.5) is 4.79 Å². The van der Waals surface area contributed by atoms with E-state index < -0.39 is 13.7 Å². The van der Waals surface area contributed by atoms with Crippen LogP contribution in [0.5, 0.6) is 0 Å². The summed E-state index contributed by atoms with van der Waals surface area (Å²) in [6.45, 7) is 7.81. The summed E-state index contributed by atoms with van der Waals surface area (Å²) < 4.78 is 5.02. The van der Waals surface area contributed by atoms with Crippen LogP contribution in [0.3, 0.4) is 0 Å². The summed E-state index contributed by atoms with van der Waals surface area (Å²) in [5, 5.41) is 12.1. The number of ether oxygens (including phenoxy) is 1. The highest BCUT2D eigenvalue weighted by Gasteiger charge is 2.33. The van der Waals surface area contributed by atoms with Crippen LogP contribution in [0.1, 0.15) is 19.8 Å². The highest BCUT2D eigenvalue weighted by atomic mass is 28.3. The Kier molecular flexibility index (Phi) is 5.65. The molecule has 0 unspecified atom stereocenters. The van der Waals surface area contributed by atoms with Gasteiger partial charge < -0.3 is 14.7 Å². The molecule has 1 aliphatic rings. The summed E-state index contributed by atoms with van der Waals surface area (Å²) in [6.07, 6.45) is 2.80. The smallest absolute Gasteiger partial charge is 0.409 e. The lowest BCUT2D eigenvalue weighted by atomic mass is 9.92. The Labute approximate surface area is 139 Å². The second-order valence-corrected chi connectivity index (χ2v) is 11.1. The summed E-state index contributed by atoms with van der Waals surface area (Å²) in [5.41, 5.74) is 1.39. The Morgan fingerprint density at radius 2 is 1.91 bits per heavy atom. The first-order valence-corrected chi connectivity index (χ1v) is 11.3. The van der Waals surface area contributed by atoms with Gasteiger partial charge in [-0.05, 0) is 19.8 Å². The van der Waals surface area contributed by atoms with E-state index in [4.69, 9.17) is 4.74 Å². The monoisotopic (exact) mass is 333 g/mol. The molecule has 1 aromatic carbocycles. The van der Waals surface area contributed by atoms with E-state index in [0.717, 1.165) is 0 Å². The average molecular weight is 334 g/mol. The summed E-state index contributed by atoms with van der Waals surface area (Å²) in [5.74, 6) is 0. The highest BCUT2D eigenvalue weighted by Crippen LogP contribution is 2.25. The Balaban J connectivity index is 1.99. The van der Waals surface area contributed by atoms with Crippen LogP contribution < -0.4 is 5.19 Å². The van der Waals surface area contributed by atoms with Gasteiger partial charge in [-0.15, -0.1) is 0 Å². The van der Waals surface area contributed by atoms with Gasteiger partial charge in [0.25, 0.3) is 0 Å². The molecule has 1 aliphatic heterocycles. The molecule has 1 N–H and O–H groups in total. The molecule has 1 amide bonds. The van der Waals surface area contributed by atoms with Crippen molar-refractivity contribution in [3.8, 4) is 0 Å². The molecule has 0 aromatic heterocycles. The van der Waals surface area contributed by atoms with Crippen molar-refractivity contribution in [3.63, 3.8) is 0 Å². The number of nitrogens with zero attached hydrogens (tertiary/aromatic N) is 1. The molecule has 23 heavy (non-hydrogen) atoms. The van der Waals surface area contributed by atoms with Gasteiger partial charge in [-0.1, -0.05) is 60.4 Å². The number of amides is 1. The number of hydrogen-bond donors (Lipinski definition) is 1. The van der Waals surface area contributed by atoms with Gasteiger partial charge in [0.05, 0.1) is 12.2 Å². The van der Waals surface area contributed by atoms with Crippen LogP contribution in [0.2, 0.25) is 13.1 Å². The van der Waals surface area contributed by atoms with Gasteiger partial charge in [0.1, 0.15) is 8.07 Å². The number of hydrogen-bond acceptors (Lipinski definition) is 3. The van der Waals surface area contributed by atoms with E-state index in [1.54, 1.807) is 11.8 Å². The molecule has 1 saturated heterocycles. The second-order valence-electron chi connectivity index (χ2n) is 6.71. The largest absolute Gasteiger partial charge is 0.450 e. The standard InChI is InChI=1S/C18H27NO3Si/c1-4-22-17(20)19-13-10-18(21,11-14-19)12-15-23(2,3)16-8-6-5-7-9-16/h5-9,12,15,21H,4,10-11,13-14H2,1-3H3/b15-12+. The van der Waals surface area contributed by atoms with Gasteiger partial charge in [-0.2, -0.15) is 0 Å². The molecule has 1 heterocycles. The van der Waals surface area contributed by atoms with Crippen molar-refractivity contribution in [3.05, 3.63) is 42.1 Å². The molecule has 2 rings (SSSR count). The predicted octanol–water partition coefficient (Wildman–Crippen LogP) is 2.68. The van der Waals surface area contributed by atoms with Crippen LogP contribution in [-0.2, 0) is 4.74 Å². The van der Waals surface area contributed by atoms with Crippen molar-refractivity contribution in [2.24, 2.45) is 0 Å². The number of likely N-dealkylation sites (tertiary alicyclic amines) is 1. The molecule has 0 atom stereocenters. The van der Waals surface area contributed by atoms with Gasteiger partial charge in [-0.3, -0.25) is 0 Å². The first-order chi connectivity index (χ1) is 10.9. The minimum atomic E-state index is -1.71. The van der Waals surface area contributed by atoms with E-state index in [1.807, 2.05) is 12.1 Å². The van der Waals surface area contributed by atoms with Crippen molar-refractivity contribution < 1.29 is 14.6 Å². The SMILES string of the molecule is CCOC(=O)N1CCC(O)(/C=C/[Si](C)(C)c2ccccc2)CC1. The van der Waals surface area contributed by atoms with Gasteiger partial charge in [0.15, 0.2) is 0 Å². The van der Waals surface area contributed by atoms with Gasteiger partial charge in [-0.25, -0.2) is 4.79 Å². The summed E-state index contributed by atoms with van der Waals surface area (Å²) >= 11 is 0. The van der Waals surface area contributed by atoms with E-state index in [1.165, 1.54) is 5.19 Å². The first kappa shape index (κ1) is 17.8. The Bertz CT molecular complexity index is 549. The zero-order valence-electron chi connectivity index (χ0n) is 14.3. The molecule has 1 fully saturated rings. The van der Waals surface area contributed by atoms with E-state index in [-0.39, 0.29) is 6.09 Å². The second kappa shape index (κ2) is 7.32. The van der Waals surface area contributed by atoms with E-state index >= 15 is 0 Å². The van der Waals surface area contributed by atoms with E-state index in [2.05, 4.69) is 43.1 Å². The van der Waals surface area contributed by atoms with E-state index in [0.29, 0.717) is 32.5 Å². The number of carbonyl (C=O) groups is 1. The molecule has 4 nitrogen and oxygen atoms in total. The molecule has 1 aromatic rings. The summed E-state index contributed by atoms with van der Waals surface area (Å²) in [7, 11) is -1.71. The molecule has 0 saturated carbocycles. The fourth-order valence-corrected chi connectivity index (χ4v) is 4.76. The van der Waals surface area contributed by atoms with Gasteiger partial charge in [0, 0.05) is 13.1 Å². The lowest BCUT2D eigenvalue weighted by Crippen LogP contribution is -2.47. The Morgan fingerprint density at radius 1 is 1.30 bits per heavy atom. The van der Waals surface area contributed by atoms with Crippen LogP contribution in [0.25, 0.3) is 0 Å². The van der Waals surface area contributed by atoms with Crippen LogP contribution in [0, 0.1) is 0 Å². The zero-order chi connectivity index (χ0) is 16.9. The molecule has 0 radical (unpaired) electrons. The van der Waals surface area contributed by atoms with Gasteiger partial charge in [0.2, 0.25) is 0 Å². The summed E-state index contributed by atoms with van der Waals surface area (Å²) in [6, 6.07) is 10.5. The lowest BCUT2D eigenvalue weighted by Gasteiger charge is -2.36. The van der Waals surface area contributed by atoms with Gasteiger partial charge >= 0.3 is 6.09 Å². The number of benzene rings is 1. The minimum Gasteiger partial charge on any atom is -0.450 e. The number of piperidine rings is 1. The molecule has 0 bridgehead atoms. The fraction of sp³-hybridized carbons (Fsp3) is 0.500. The van der Waals surface area contributed by atoms with Crippen molar-refractivity contribution in [2.45, 2.75) is 38.5 Å². The summed E-state index contributed by atoms with van der Waals surface area (Å²) in [4.78, 5) is 13.4. The third kappa shape index (κ3) is 4.69. The molecule has 0 spiro atoms. The van der Waals surface area contributed by atoms with Crippen molar-refractivity contribution in [2.75, 3.05) is 19.7 Å². The van der Waals surface area contributed by atoms with Crippen LogP contribution in [-0.4, -0.2) is 49.5 Å². The van der Waals surface area contributed by atoms with Crippen molar-refractivity contribution >= 4 is 19.4 Å². The maximum absolute atomic E-state index is 11.7. The Morgan fingerprint density at radius 3 is 2.48 bits per heavy atom. The van der Waals surface area contributed by atoms with Crippen molar-refractivity contribution in [1.82, 2.24) is 4.90 Å². The molecule has 5 heteroatoms. The minimum absolute atomic E-state index is 0.280. The van der Waals surface area contributed by atoms with Crippen LogP contribution >= 0.6 is 0 Å². The normalized spacial score (nSPS) is 18.2. The maximum Gasteiger partial charge on any atom is 0.409 e. The Hall–Kier alpha value is -1.59. The number of rotatable bonds is 4. The zero-order valence-corrected chi connectivity index (χ0v) is 15.3. The molecular weight excluding hydrogens is 306 g/mol. The van der Waals surface area contributed by atoms with Crippen molar-refractivity contribution in [1.29, 1.82) is 0 Å². The third-order valence-electron chi connectivity index (χ3n) is 4.48. The molecule has 0 aliphatic carbocycles. The topological polar surface area (TPSA) is 49.8 Å². The number of carbonyl (C=O) groups excluding carboxylic acids is 1. The van der Waals surface area contributed by atoms with Crippen LogP contribution in [0.15, 0.2) is 42.1 Å². The first-order valence-electron chi connectivity index (χ1n) is 8.26. The quantitative estimate of drug-likeness (QED) is 0.862. The fourth-order valence-electron chi connectivity index (χ4n) is 2.79. The number of aliphatic hydroxyl groups is 1. The lowest BCUT2D eigenvalue weighted by molar-refractivity contribution is 0.0162. The molecular formula is C18H27NO3Si. The maximum atomic E-state index is 11.7. The van der Waals surface area contributed by atoms with E-state index in [9.17, 15) is 9.90 Å². The third-order valence-corrected chi connectivity index (χ3v) is 7.30. The average Bonchev–Trinajstić information content (AvgIpc) is 2.55. The predicted molar refractivity (Wildman–Crippen MR) is 95.5 cm³/mol. The highest BCUT2D eigenvalue weighted by molar-refractivity contribution is 6.93. The molecule has 126 valence electrons.